The first kappa shape index (κ1) is 19.1. The maximum Gasteiger partial charge on any atom is 0.195 e. The zero-order chi connectivity index (χ0) is 19.2. The topological polar surface area (TPSA) is 80.9 Å². The summed E-state index contributed by atoms with van der Waals surface area (Å²) in [6.07, 6.45) is 0.890. The summed E-state index contributed by atoms with van der Waals surface area (Å²) in [5.41, 5.74) is 2.96. The van der Waals surface area contributed by atoms with Crippen LogP contribution < -0.4 is 20.1 Å². The number of guanidine groups is 1. The molecular formula is C20H28N4O3. The van der Waals surface area contributed by atoms with Crippen molar-refractivity contribution in [3.63, 3.8) is 0 Å². The number of rotatable bonds is 5. The number of benzene rings is 1. The monoisotopic (exact) mass is 372 g/mol. The Hall–Kier alpha value is -2.70. The van der Waals surface area contributed by atoms with Crippen LogP contribution in [0.25, 0.3) is 0 Å². The Kier molecular flexibility index (Phi) is 6.21. The molecule has 1 aliphatic rings. The highest BCUT2D eigenvalue weighted by Crippen LogP contribution is 2.32. The molecule has 7 heteroatoms. The average Bonchev–Trinajstić information content (AvgIpc) is 2.84. The molecule has 0 saturated carbocycles. The molecule has 1 unspecified atom stereocenters. The van der Waals surface area contributed by atoms with E-state index in [1.54, 1.807) is 0 Å². The molecule has 7 nitrogen and oxygen atoms in total. The number of aromatic nitrogens is 1. The molecule has 3 rings (SSSR count). The summed E-state index contributed by atoms with van der Waals surface area (Å²) in [5.74, 6) is 3.35. The van der Waals surface area contributed by atoms with Crippen LogP contribution in [0.15, 0.2) is 27.7 Å². The quantitative estimate of drug-likeness (QED) is 0.616. The van der Waals surface area contributed by atoms with Gasteiger partial charge in [-0.2, -0.15) is 0 Å². The Morgan fingerprint density at radius 3 is 2.70 bits per heavy atom. The first-order valence-corrected chi connectivity index (χ1v) is 9.46. The van der Waals surface area contributed by atoms with Gasteiger partial charge in [-0.1, -0.05) is 12.1 Å². The van der Waals surface area contributed by atoms with E-state index in [2.05, 4.69) is 22.7 Å². The zero-order valence-corrected chi connectivity index (χ0v) is 16.5. The van der Waals surface area contributed by atoms with Crippen molar-refractivity contribution in [1.82, 2.24) is 10.5 Å². The molecule has 0 fully saturated rings. The molecule has 2 aromatic rings. The Labute approximate surface area is 160 Å². The molecule has 1 atom stereocenters. The number of aliphatic imine (C=N–C) groups is 1. The summed E-state index contributed by atoms with van der Waals surface area (Å²) in [6.45, 7) is 10.8. The molecule has 1 aromatic carbocycles. The second-order valence-electron chi connectivity index (χ2n) is 6.70. The van der Waals surface area contributed by atoms with E-state index >= 15 is 0 Å². The summed E-state index contributed by atoms with van der Waals surface area (Å²) in [5, 5.41) is 10.7. The Morgan fingerprint density at radius 1 is 1.22 bits per heavy atom. The van der Waals surface area contributed by atoms with Crippen molar-refractivity contribution in [2.45, 2.75) is 40.0 Å². The van der Waals surface area contributed by atoms with Crippen molar-refractivity contribution in [1.29, 1.82) is 0 Å². The van der Waals surface area contributed by atoms with Crippen LogP contribution >= 0.6 is 0 Å². The fraction of sp³-hybridized carbons (Fsp3) is 0.500. The van der Waals surface area contributed by atoms with Gasteiger partial charge in [-0.15, -0.1) is 0 Å². The first-order valence-electron chi connectivity index (χ1n) is 9.46. The lowest BCUT2D eigenvalue weighted by Gasteiger charge is -2.15. The van der Waals surface area contributed by atoms with Crippen molar-refractivity contribution in [3.05, 3.63) is 35.2 Å². The van der Waals surface area contributed by atoms with Gasteiger partial charge in [0.25, 0.3) is 0 Å². The van der Waals surface area contributed by atoms with Gasteiger partial charge in [0, 0.05) is 42.7 Å². The lowest BCUT2D eigenvalue weighted by atomic mass is 10.00. The minimum absolute atomic E-state index is 0.218. The maximum atomic E-state index is 5.76. The van der Waals surface area contributed by atoms with Gasteiger partial charge in [0.05, 0.1) is 18.9 Å². The molecule has 146 valence electrons. The highest BCUT2D eigenvalue weighted by molar-refractivity contribution is 5.94. The second-order valence-corrected chi connectivity index (χ2v) is 6.70. The SMILES string of the molecule is CCNC(=NCC(C)c1c(C)noc1C)Nc1ccc2c(c1)OCCCO2. The number of hydrogen-bond acceptors (Lipinski definition) is 5. The highest BCUT2D eigenvalue weighted by Gasteiger charge is 2.16. The molecule has 0 radical (unpaired) electrons. The van der Waals surface area contributed by atoms with Gasteiger partial charge < -0.3 is 24.6 Å². The zero-order valence-electron chi connectivity index (χ0n) is 16.5. The normalized spacial score (nSPS) is 15.2. The van der Waals surface area contributed by atoms with Gasteiger partial charge >= 0.3 is 0 Å². The largest absolute Gasteiger partial charge is 0.490 e. The molecule has 0 saturated heterocycles. The minimum atomic E-state index is 0.218. The average molecular weight is 372 g/mol. The van der Waals surface area contributed by atoms with Crippen LogP contribution in [0.5, 0.6) is 11.5 Å². The number of aryl methyl sites for hydroxylation is 2. The van der Waals surface area contributed by atoms with Crippen LogP contribution in [0.1, 0.15) is 43.2 Å². The lowest BCUT2D eigenvalue weighted by molar-refractivity contribution is 0.297. The molecule has 0 spiro atoms. The standard InChI is InChI=1S/C20H28N4O3/c1-5-21-20(22-12-13(2)19-14(3)24-27-15(19)4)23-16-7-8-17-18(11-16)26-10-6-9-25-17/h7-8,11,13H,5-6,9-10,12H2,1-4H3,(H2,21,22,23). The van der Waals surface area contributed by atoms with Gasteiger partial charge in [-0.25, -0.2) is 0 Å². The Morgan fingerprint density at radius 2 is 2.00 bits per heavy atom. The number of hydrogen-bond donors (Lipinski definition) is 2. The molecule has 0 aliphatic carbocycles. The van der Waals surface area contributed by atoms with E-state index in [1.165, 1.54) is 0 Å². The maximum absolute atomic E-state index is 5.76. The van der Waals surface area contributed by atoms with Crippen LogP contribution in [-0.2, 0) is 0 Å². The number of nitrogens with zero attached hydrogens (tertiary/aromatic N) is 2. The van der Waals surface area contributed by atoms with Crippen LogP contribution in [0, 0.1) is 13.8 Å². The molecule has 1 aromatic heterocycles. The fourth-order valence-electron chi connectivity index (χ4n) is 3.20. The number of fused-ring (bicyclic) bond motifs is 1. The van der Waals surface area contributed by atoms with Gasteiger partial charge in [-0.3, -0.25) is 4.99 Å². The van der Waals surface area contributed by atoms with Crippen molar-refractivity contribution >= 4 is 11.6 Å². The van der Waals surface area contributed by atoms with E-state index in [0.29, 0.717) is 19.8 Å². The van der Waals surface area contributed by atoms with E-state index in [-0.39, 0.29) is 5.92 Å². The van der Waals surface area contributed by atoms with Crippen molar-refractivity contribution in [3.8, 4) is 11.5 Å². The first-order chi connectivity index (χ1) is 13.1. The van der Waals surface area contributed by atoms with E-state index in [0.717, 1.165) is 53.1 Å². The summed E-state index contributed by atoms with van der Waals surface area (Å²) >= 11 is 0. The van der Waals surface area contributed by atoms with Crippen LogP contribution in [0.2, 0.25) is 0 Å². The predicted octanol–water partition coefficient (Wildman–Crippen LogP) is 3.63. The number of anilines is 1. The van der Waals surface area contributed by atoms with Crippen molar-refractivity contribution in [2.24, 2.45) is 4.99 Å². The molecule has 2 N–H and O–H groups in total. The predicted molar refractivity (Wildman–Crippen MR) is 106 cm³/mol. The third kappa shape index (κ3) is 4.72. The summed E-state index contributed by atoms with van der Waals surface area (Å²) in [6, 6.07) is 5.85. The van der Waals surface area contributed by atoms with Crippen molar-refractivity contribution < 1.29 is 14.0 Å². The molecule has 0 bridgehead atoms. The second kappa shape index (κ2) is 8.79. The minimum Gasteiger partial charge on any atom is -0.490 e. The smallest absolute Gasteiger partial charge is 0.195 e. The van der Waals surface area contributed by atoms with Crippen LogP contribution in [-0.4, -0.2) is 37.4 Å². The third-order valence-corrected chi connectivity index (χ3v) is 4.46. The number of nitrogens with one attached hydrogen (secondary N) is 2. The molecule has 0 amide bonds. The third-order valence-electron chi connectivity index (χ3n) is 4.46. The van der Waals surface area contributed by atoms with Gasteiger partial charge in [0.2, 0.25) is 0 Å². The molecule has 2 heterocycles. The van der Waals surface area contributed by atoms with Gasteiger partial charge in [0.15, 0.2) is 17.5 Å². The van der Waals surface area contributed by atoms with E-state index in [1.807, 2.05) is 39.0 Å². The molecule has 27 heavy (non-hydrogen) atoms. The summed E-state index contributed by atoms with van der Waals surface area (Å²) in [4.78, 5) is 4.73. The summed E-state index contributed by atoms with van der Waals surface area (Å²) in [7, 11) is 0. The highest BCUT2D eigenvalue weighted by atomic mass is 16.5. The molecule has 1 aliphatic heterocycles. The molecular weight excluding hydrogens is 344 g/mol. The number of ether oxygens (including phenoxy) is 2. The summed E-state index contributed by atoms with van der Waals surface area (Å²) < 4.78 is 16.7. The fourth-order valence-corrected chi connectivity index (χ4v) is 3.20. The van der Waals surface area contributed by atoms with Crippen molar-refractivity contribution in [2.75, 3.05) is 31.6 Å². The lowest BCUT2D eigenvalue weighted by Crippen LogP contribution is -2.31. The van der Waals surface area contributed by atoms with Gasteiger partial charge in [-0.05, 0) is 32.9 Å². The van der Waals surface area contributed by atoms with Crippen LogP contribution in [0.4, 0.5) is 5.69 Å². The van der Waals surface area contributed by atoms with E-state index in [9.17, 15) is 0 Å². The van der Waals surface area contributed by atoms with E-state index < -0.39 is 0 Å². The Bertz CT molecular complexity index is 781. The van der Waals surface area contributed by atoms with Gasteiger partial charge in [0.1, 0.15) is 5.76 Å². The van der Waals surface area contributed by atoms with Crippen LogP contribution in [0.3, 0.4) is 0 Å². The Balaban J connectivity index is 1.72. The van der Waals surface area contributed by atoms with E-state index in [4.69, 9.17) is 19.0 Å².